The molecule has 24 heavy (non-hydrogen) atoms. The summed E-state index contributed by atoms with van der Waals surface area (Å²) in [5, 5.41) is 4.93. The second-order valence-corrected chi connectivity index (χ2v) is 7.16. The number of hydrogen-bond acceptors (Lipinski definition) is 3. The summed E-state index contributed by atoms with van der Waals surface area (Å²) >= 11 is 0. The molecular weight excluding hydrogens is 329 g/mol. The first-order chi connectivity index (χ1) is 11.3. The summed E-state index contributed by atoms with van der Waals surface area (Å²) in [6, 6.07) is 15.2. The van der Waals surface area contributed by atoms with Crippen molar-refractivity contribution in [1.82, 2.24) is 10.6 Å². The Morgan fingerprint density at radius 2 is 1.67 bits per heavy atom. The standard InChI is InChI=1S/C16H20N3O4P/c17-14-8-6-12(7-9-14)10-15(24(21,22)23)19-16(20)18-11-13-4-2-1-3-5-13/h1-9,15H,10-11,17H2,(H2,18,19,20)(H2,21,22,23). The first-order valence-electron chi connectivity index (χ1n) is 7.32. The summed E-state index contributed by atoms with van der Waals surface area (Å²) in [5.74, 6) is -1.31. The third-order valence-corrected chi connectivity index (χ3v) is 4.53. The van der Waals surface area contributed by atoms with Gasteiger partial charge in [-0.05, 0) is 23.3 Å². The normalized spacial score (nSPS) is 12.4. The molecule has 2 aromatic rings. The molecule has 0 saturated carbocycles. The summed E-state index contributed by atoms with van der Waals surface area (Å²) in [7, 11) is -4.51. The molecule has 0 radical (unpaired) electrons. The lowest BCUT2D eigenvalue weighted by atomic mass is 10.1. The summed E-state index contributed by atoms with van der Waals surface area (Å²) < 4.78 is 11.6. The molecule has 0 bridgehead atoms. The lowest BCUT2D eigenvalue weighted by Crippen LogP contribution is -2.42. The van der Waals surface area contributed by atoms with Crippen molar-refractivity contribution in [3.8, 4) is 0 Å². The van der Waals surface area contributed by atoms with Crippen LogP contribution >= 0.6 is 7.60 Å². The maximum atomic E-state index is 11.9. The van der Waals surface area contributed by atoms with E-state index in [1.165, 1.54) is 0 Å². The van der Waals surface area contributed by atoms with Crippen molar-refractivity contribution in [2.45, 2.75) is 18.7 Å². The van der Waals surface area contributed by atoms with Crippen LogP contribution in [0.3, 0.4) is 0 Å². The molecule has 128 valence electrons. The van der Waals surface area contributed by atoms with E-state index in [9.17, 15) is 19.1 Å². The van der Waals surface area contributed by atoms with E-state index in [1.54, 1.807) is 24.3 Å². The first-order valence-corrected chi connectivity index (χ1v) is 9.00. The van der Waals surface area contributed by atoms with Crippen LogP contribution in [0.4, 0.5) is 10.5 Å². The topological polar surface area (TPSA) is 125 Å². The number of rotatable bonds is 6. The quantitative estimate of drug-likeness (QED) is 0.402. The molecule has 0 spiro atoms. The second-order valence-electron chi connectivity index (χ2n) is 5.36. The molecule has 0 aromatic heterocycles. The van der Waals surface area contributed by atoms with Crippen LogP contribution in [-0.4, -0.2) is 21.6 Å². The van der Waals surface area contributed by atoms with Gasteiger partial charge in [0.25, 0.3) is 0 Å². The summed E-state index contributed by atoms with van der Waals surface area (Å²) in [5.41, 5.74) is 7.70. The molecule has 0 aliphatic carbocycles. The van der Waals surface area contributed by atoms with Crippen molar-refractivity contribution in [3.63, 3.8) is 0 Å². The van der Waals surface area contributed by atoms with E-state index in [-0.39, 0.29) is 13.0 Å². The first kappa shape index (κ1) is 18.0. The van der Waals surface area contributed by atoms with E-state index in [1.807, 2.05) is 30.3 Å². The van der Waals surface area contributed by atoms with Gasteiger partial charge in [-0.1, -0.05) is 42.5 Å². The fraction of sp³-hybridized carbons (Fsp3) is 0.188. The summed E-state index contributed by atoms with van der Waals surface area (Å²) in [6.45, 7) is 0.266. The van der Waals surface area contributed by atoms with Crippen LogP contribution in [0.1, 0.15) is 11.1 Å². The van der Waals surface area contributed by atoms with Crippen LogP contribution in [0.15, 0.2) is 54.6 Å². The Bertz CT molecular complexity index is 716. The highest BCUT2D eigenvalue weighted by molar-refractivity contribution is 7.52. The van der Waals surface area contributed by atoms with E-state index < -0.39 is 19.4 Å². The fourth-order valence-corrected chi connectivity index (χ4v) is 2.85. The van der Waals surface area contributed by atoms with E-state index in [0.717, 1.165) is 5.56 Å². The zero-order chi connectivity index (χ0) is 17.6. The van der Waals surface area contributed by atoms with Crippen LogP contribution in [0.5, 0.6) is 0 Å². The number of hydrogen-bond donors (Lipinski definition) is 5. The highest BCUT2D eigenvalue weighted by atomic mass is 31.2. The van der Waals surface area contributed by atoms with Crippen molar-refractivity contribution in [3.05, 3.63) is 65.7 Å². The average molecular weight is 349 g/mol. The number of amides is 2. The van der Waals surface area contributed by atoms with Gasteiger partial charge in [0.05, 0.1) is 0 Å². The summed E-state index contributed by atoms with van der Waals surface area (Å²) in [6.07, 6.45) is 0.00329. The molecule has 1 unspecified atom stereocenters. The van der Waals surface area contributed by atoms with Crippen LogP contribution in [0.2, 0.25) is 0 Å². The number of carbonyl (C=O) groups excluding carboxylic acids is 1. The number of nitrogens with one attached hydrogen (secondary N) is 2. The molecule has 7 nitrogen and oxygen atoms in total. The van der Waals surface area contributed by atoms with Gasteiger partial charge >= 0.3 is 13.6 Å². The minimum absolute atomic E-state index is 0.00329. The van der Waals surface area contributed by atoms with E-state index in [4.69, 9.17) is 5.73 Å². The molecule has 2 rings (SSSR count). The lowest BCUT2D eigenvalue weighted by molar-refractivity contribution is 0.236. The SMILES string of the molecule is Nc1ccc(CC(NC(=O)NCc2ccccc2)P(=O)(O)O)cc1. The largest absolute Gasteiger partial charge is 0.399 e. The van der Waals surface area contributed by atoms with E-state index in [0.29, 0.717) is 11.3 Å². The molecule has 2 amide bonds. The lowest BCUT2D eigenvalue weighted by Gasteiger charge is -2.20. The van der Waals surface area contributed by atoms with Gasteiger partial charge in [0.2, 0.25) is 0 Å². The van der Waals surface area contributed by atoms with Crippen molar-refractivity contribution in [2.75, 3.05) is 5.73 Å². The van der Waals surface area contributed by atoms with Gasteiger partial charge in [-0.3, -0.25) is 4.57 Å². The molecule has 6 N–H and O–H groups in total. The zero-order valence-electron chi connectivity index (χ0n) is 12.9. The highest BCUT2D eigenvalue weighted by Crippen LogP contribution is 2.41. The minimum Gasteiger partial charge on any atom is -0.399 e. The summed E-state index contributed by atoms with van der Waals surface area (Å²) in [4.78, 5) is 30.9. The van der Waals surface area contributed by atoms with Crippen molar-refractivity contribution >= 4 is 19.3 Å². The molecule has 2 aromatic carbocycles. The maximum absolute atomic E-state index is 11.9. The van der Waals surface area contributed by atoms with Gasteiger partial charge in [-0.15, -0.1) is 0 Å². The monoisotopic (exact) mass is 349 g/mol. The highest BCUT2D eigenvalue weighted by Gasteiger charge is 2.30. The van der Waals surface area contributed by atoms with Gasteiger partial charge in [0.15, 0.2) is 0 Å². The minimum atomic E-state index is -4.51. The predicted octanol–water partition coefficient (Wildman–Crippen LogP) is 1.81. The molecule has 8 heteroatoms. The number of nitrogen functional groups attached to an aromatic ring is 1. The van der Waals surface area contributed by atoms with Gasteiger partial charge in [0.1, 0.15) is 5.78 Å². The van der Waals surface area contributed by atoms with Crippen molar-refractivity contribution < 1.29 is 19.1 Å². The molecule has 1 atom stereocenters. The molecular formula is C16H20N3O4P. The van der Waals surface area contributed by atoms with Crippen LogP contribution in [-0.2, 0) is 17.5 Å². The molecule has 0 fully saturated rings. The Hall–Kier alpha value is -2.34. The molecule has 0 saturated heterocycles. The number of nitrogens with two attached hydrogens (primary N) is 1. The molecule has 0 heterocycles. The Morgan fingerprint density at radius 3 is 2.25 bits per heavy atom. The zero-order valence-corrected chi connectivity index (χ0v) is 13.8. The number of urea groups is 1. The van der Waals surface area contributed by atoms with E-state index >= 15 is 0 Å². The van der Waals surface area contributed by atoms with Gasteiger partial charge < -0.3 is 26.2 Å². The predicted molar refractivity (Wildman–Crippen MR) is 92.2 cm³/mol. The van der Waals surface area contributed by atoms with Gasteiger partial charge in [0, 0.05) is 18.7 Å². The fourth-order valence-electron chi connectivity index (χ4n) is 2.11. The van der Waals surface area contributed by atoms with Crippen LogP contribution < -0.4 is 16.4 Å². The number of anilines is 1. The smallest absolute Gasteiger partial charge is 0.348 e. The number of benzene rings is 2. The van der Waals surface area contributed by atoms with Gasteiger partial charge in [-0.25, -0.2) is 4.79 Å². The van der Waals surface area contributed by atoms with Crippen molar-refractivity contribution in [2.24, 2.45) is 0 Å². The second kappa shape index (κ2) is 7.97. The van der Waals surface area contributed by atoms with E-state index in [2.05, 4.69) is 10.6 Å². The van der Waals surface area contributed by atoms with Crippen LogP contribution in [0.25, 0.3) is 0 Å². The van der Waals surface area contributed by atoms with Crippen LogP contribution in [0, 0.1) is 0 Å². The maximum Gasteiger partial charge on any atom is 0.348 e. The van der Waals surface area contributed by atoms with Crippen molar-refractivity contribution in [1.29, 1.82) is 0 Å². The third-order valence-electron chi connectivity index (χ3n) is 3.41. The Balaban J connectivity index is 1.96. The Kier molecular flexibility index (Phi) is 5.98. The average Bonchev–Trinajstić information content (AvgIpc) is 2.54. The van der Waals surface area contributed by atoms with Gasteiger partial charge in [-0.2, -0.15) is 0 Å². The third kappa shape index (κ3) is 5.70. The molecule has 0 aliphatic rings. The number of carbonyl (C=O) groups is 1. The Labute approximate surface area is 140 Å². The Morgan fingerprint density at radius 1 is 1.04 bits per heavy atom. The molecule has 0 aliphatic heterocycles.